The molecule has 0 atom stereocenters. The van der Waals surface area contributed by atoms with E-state index in [0.29, 0.717) is 10.6 Å². The lowest BCUT2D eigenvalue weighted by molar-refractivity contribution is 0.0697. The van der Waals surface area contributed by atoms with E-state index in [1.54, 1.807) is 6.07 Å². The van der Waals surface area contributed by atoms with Gasteiger partial charge in [0.15, 0.2) is 0 Å². The number of benzene rings is 2. The summed E-state index contributed by atoms with van der Waals surface area (Å²) in [6, 6.07) is 15.0. The number of hydrogen-bond donors (Lipinski definition) is 1. The second-order valence-corrected chi connectivity index (χ2v) is 3.71. The number of carboxylic acid groups (broad SMARTS) is 1. The monoisotopic (exact) mass is 231 g/mol. The van der Waals surface area contributed by atoms with Crippen LogP contribution in [0.1, 0.15) is 10.4 Å². The van der Waals surface area contributed by atoms with Crippen LogP contribution >= 0.6 is 11.6 Å². The fraction of sp³-hybridized carbons (Fsp3) is 0. The summed E-state index contributed by atoms with van der Waals surface area (Å²) >= 11 is 5.85. The molecule has 2 rings (SSSR count). The van der Waals surface area contributed by atoms with Crippen LogP contribution in [0.3, 0.4) is 0 Å². The van der Waals surface area contributed by atoms with Crippen molar-refractivity contribution in [3.8, 4) is 11.1 Å². The second kappa shape index (κ2) is 4.37. The van der Waals surface area contributed by atoms with Gasteiger partial charge in [0, 0.05) is 5.02 Å². The van der Waals surface area contributed by atoms with Gasteiger partial charge in [-0.05, 0) is 29.3 Å². The number of hydrogen-bond acceptors (Lipinski definition) is 1. The van der Waals surface area contributed by atoms with Crippen molar-refractivity contribution < 1.29 is 9.90 Å². The maximum Gasteiger partial charge on any atom is 0.336 e. The van der Waals surface area contributed by atoms with Crippen molar-refractivity contribution in [2.45, 2.75) is 0 Å². The van der Waals surface area contributed by atoms with Crippen LogP contribution in [0.4, 0.5) is 0 Å². The highest BCUT2D eigenvalue weighted by molar-refractivity contribution is 6.31. The largest absolute Gasteiger partial charge is 0.478 e. The van der Waals surface area contributed by atoms with Crippen LogP contribution in [0.25, 0.3) is 11.1 Å². The summed E-state index contributed by atoms with van der Waals surface area (Å²) in [6.07, 6.45) is 0. The first-order valence-electron chi connectivity index (χ1n) is 4.68. The molecule has 3 heteroatoms. The molecule has 16 heavy (non-hydrogen) atoms. The number of carbonyl (C=O) groups is 1. The van der Waals surface area contributed by atoms with Gasteiger partial charge in [0.2, 0.25) is 0 Å². The smallest absolute Gasteiger partial charge is 0.336 e. The van der Waals surface area contributed by atoms with E-state index in [1.165, 1.54) is 6.07 Å². The van der Waals surface area contributed by atoms with Gasteiger partial charge in [0.1, 0.15) is 0 Å². The lowest BCUT2D eigenvalue weighted by Crippen LogP contribution is -1.99. The topological polar surface area (TPSA) is 37.3 Å². The fourth-order valence-corrected chi connectivity index (χ4v) is 1.66. The third-order valence-electron chi connectivity index (χ3n) is 2.20. The Balaban J connectivity index is 2.63. The number of halogens is 1. The molecular formula is C13H8ClO2. The summed E-state index contributed by atoms with van der Waals surface area (Å²) in [7, 11) is 0. The minimum absolute atomic E-state index is 0.135. The number of rotatable bonds is 2. The molecule has 2 aromatic rings. The van der Waals surface area contributed by atoms with Gasteiger partial charge in [-0.2, -0.15) is 0 Å². The highest BCUT2D eigenvalue weighted by atomic mass is 35.5. The standard InChI is InChI=1S/C13H8ClO2/c14-10-6-7-11(13(15)16)12(8-10)9-4-2-1-3-5-9/h1-6,8H,(H,15,16). The highest BCUT2D eigenvalue weighted by Crippen LogP contribution is 2.26. The van der Waals surface area contributed by atoms with Crippen LogP contribution in [-0.4, -0.2) is 11.1 Å². The van der Waals surface area contributed by atoms with E-state index in [-0.39, 0.29) is 5.56 Å². The molecule has 2 nitrogen and oxygen atoms in total. The van der Waals surface area contributed by atoms with Gasteiger partial charge in [-0.25, -0.2) is 4.79 Å². The van der Waals surface area contributed by atoms with Gasteiger partial charge in [-0.1, -0.05) is 41.9 Å². The number of carboxylic acids is 1. The first-order chi connectivity index (χ1) is 7.68. The van der Waals surface area contributed by atoms with Gasteiger partial charge >= 0.3 is 5.97 Å². The molecular weight excluding hydrogens is 224 g/mol. The van der Waals surface area contributed by atoms with Gasteiger partial charge in [0.25, 0.3) is 0 Å². The zero-order valence-electron chi connectivity index (χ0n) is 8.27. The van der Waals surface area contributed by atoms with Gasteiger partial charge in [-0.3, -0.25) is 0 Å². The molecule has 0 aromatic heterocycles. The first-order valence-corrected chi connectivity index (χ1v) is 5.06. The van der Waals surface area contributed by atoms with E-state index < -0.39 is 5.97 Å². The molecule has 0 unspecified atom stereocenters. The molecule has 0 saturated carbocycles. The Morgan fingerprint density at radius 3 is 2.56 bits per heavy atom. The van der Waals surface area contributed by atoms with Gasteiger partial charge < -0.3 is 5.11 Å². The van der Waals surface area contributed by atoms with Crippen molar-refractivity contribution in [1.82, 2.24) is 0 Å². The molecule has 0 amide bonds. The summed E-state index contributed by atoms with van der Waals surface area (Å²) in [5.41, 5.74) is 1.54. The Morgan fingerprint density at radius 2 is 1.94 bits per heavy atom. The third-order valence-corrected chi connectivity index (χ3v) is 2.42. The fourth-order valence-electron chi connectivity index (χ4n) is 1.49. The molecule has 1 radical (unpaired) electrons. The molecule has 0 aliphatic rings. The Kier molecular flexibility index (Phi) is 2.93. The molecule has 0 spiro atoms. The average molecular weight is 232 g/mol. The van der Waals surface area contributed by atoms with Crippen LogP contribution < -0.4 is 0 Å². The quantitative estimate of drug-likeness (QED) is 0.859. The Morgan fingerprint density at radius 1 is 1.25 bits per heavy atom. The number of aromatic carboxylic acids is 1. The average Bonchev–Trinajstić information content (AvgIpc) is 2.29. The highest BCUT2D eigenvalue weighted by Gasteiger charge is 2.11. The predicted octanol–water partition coefficient (Wildman–Crippen LogP) is 3.51. The maximum atomic E-state index is 11.0. The molecule has 2 aromatic carbocycles. The van der Waals surface area contributed by atoms with E-state index in [4.69, 9.17) is 16.7 Å². The van der Waals surface area contributed by atoms with Crippen LogP contribution in [0.5, 0.6) is 0 Å². The second-order valence-electron chi connectivity index (χ2n) is 3.28. The van der Waals surface area contributed by atoms with E-state index in [0.717, 1.165) is 5.56 Å². The minimum Gasteiger partial charge on any atom is -0.478 e. The lowest BCUT2D eigenvalue weighted by atomic mass is 10.00. The summed E-state index contributed by atoms with van der Waals surface area (Å²) in [5, 5.41) is 9.52. The Bertz CT molecular complexity index is 521. The SMILES string of the molecule is O=C(O)c1[c]cc(Cl)cc1-c1ccccc1. The summed E-state index contributed by atoms with van der Waals surface area (Å²) in [5.74, 6) is -1.00. The van der Waals surface area contributed by atoms with E-state index in [1.807, 2.05) is 30.3 Å². The molecule has 1 N–H and O–H groups in total. The van der Waals surface area contributed by atoms with Crippen molar-refractivity contribution >= 4 is 17.6 Å². The zero-order chi connectivity index (χ0) is 11.5. The summed E-state index contributed by atoms with van der Waals surface area (Å²) in [6.45, 7) is 0. The van der Waals surface area contributed by atoms with Crippen LogP contribution in [0, 0.1) is 6.07 Å². The van der Waals surface area contributed by atoms with Crippen molar-refractivity contribution in [2.75, 3.05) is 0 Å². The van der Waals surface area contributed by atoms with Crippen LogP contribution in [0.15, 0.2) is 42.5 Å². The third kappa shape index (κ3) is 2.07. The van der Waals surface area contributed by atoms with Crippen molar-refractivity contribution in [3.05, 3.63) is 59.1 Å². The molecule has 0 heterocycles. The normalized spacial score (nSPS) is 10.1. The van der Waals surface area contributed by atoms with E-state index in [2.05, 4.69) is 6.07 Å². The zero-order valence-corrected chi connectivity index (χ0v) is 9.03. The van der Waals surface area contributed by atoms with Crippen LogP contribution in [0.2, 0.25) is 5.02 Å². The van der Waals surface area contributed by atoms with Crippen LogP contribution in [-0.2, 0) is 0 Å². The van der Waals surface area contributed by atoms with E-state index >= 15 is 0 Å². The maximum absolute atomic E-state index is 11.0. The summed E-state index contributed by atoms with van der Waals surface area (Å²) < 4.78 is 0. The van der Waals surface area contributed by atoms with Gasteiger partial charge in [-0.15, -0.1) is 0 Å². The predicted molar refractivity (Wildman–Crippen MR) is 62.7 cm³/mol. The minimum atomic E-state index is -1.00. The molecule has 0 aliphatic carbocycles. The van der Waals surface area contributed by atoms with Crippen molar-refractivity contribution in [3.63, 3.8) is 0 Å². The Hall–Kier alpha value is -1.80. The summed E-state index contributed by atoms with van der Waals surface area (Å²) in [4.78, 5) is 11.0. The molecule has 0 fully saturated rings. The molecule has 0 bridgehead atoms. The first kappa shape index (κ1) is 10.7. The lowest BCUT2D eigenvalue weighted by Gasteiger charge is -2.06. The molecule has 0 aliphatic heterocycles. The van der Waals surface area contributed by atoms with Crippen molar-refractivity contribution in [1.29, 1.82) is 0 Å². The molecule has 79 valence electrons. The van der Waals surface area contributed by atoms with E-state index in [9.17, 15) is 4.79 Å². The van der Waals surface area contributed by atoms with Gasteiger partial charge in [0.05, 0.1) is 5.56 Å². The molecule has 0 saturated heterocycles. The van der Waals surface area contributed by atoms with Crippen molar-refractivity contribution in [2.24, 2.45) is 0 Å². The Labute approximate surface area is 98.1 Å².